The maximum Gasteiger partial charge on any atom is 0.472 e. The standard InChI is InChI=1S/C78H152O17P2/c1-9-71(8)57-49-41-36-37-43-51-59-76(81)89-65-74(95-78(83)61-53-45-35-29-23-17-20-26-32-40-48-56-70(6)7)67-93-97(86,87)91-63-72(79)62-90-96(84,85)92-66-73(64-88-75(80)58-50-42-33-27-21-16-12-14-19-25-31-39-47-55-69(4)5)94-77(82)60-52-44-34-28-22-15-11-10-13-18-24-30-38-46-54-68(2)3/h68-74,79H,9-67H2,1-8H3,(H,84,85)(H,86,87)/t71?,72-,73-,74-/m1/s1. The van der Waals surface area contributed by atoms with Crippen LogP contribution in [0.3, 0.4) is 0 Å². The third kappa shape index (κ3) is 70.9. The molecule has 0 aromatic heterocycles. The first kappa shape index (κ1) is 95.1. The normalized spacial score (nSPS) is 14.4. The van der Waals surface area contributed by atoms with Crippen LogP contribution >= 0.6 is 15.6 Å². The molecule has 0 bridgehead atoms. The predicted octanol–water partition coefficient (Wildman–Crippen LogP) is 22.8. The molecule has 0 rings (SSSR count). The minimum Gasteiger partial charge on any atom is -0.462 e. The lowest BCUT2D eigenvalue weighted by Crippen LogP contribution is -2.30. The van der Waals surface area contributed by atoms with Crippen molar-refractivity contribution in [2.75, 3.05) is 39.6 Å². The molecule has 0 aliphatic rings. The van der Waals surface area contributed by atoms with Gasteiger partial charge < -0.3 is 33.8 Å². The van der Waals surface area contributed by atoms with Crippen molar-refractivity contribution in [1.29, 1.82) is 0 Å². The van der Waals surface area contributed by atoms with E-state index in [2.05, 4.69) is 55.4 Å². The summed E-state index contributed by atoms with van der Waals surface area (Å²) in [7, 11) is -9.92. The summed E-state index contributed by atoms with van der Waals surface area (Å²) in [6.07, 6.45) is 52.7. The highest BCUT2D eigenvalue weighted by molar-refractivity contribution is 7.47. The lowest BCUT2D eigenvalue weighted by atomic mass is 10.00. The monoisotopic (exact) mass is 1420 g/mol. The topological polar surface area (TPSA) is 237 Å². The molecular formula is C78H152O17P2. The largest absolute Gasteiger partial charge is 0.472 e. The molecule has 6 atom stereocenters. The first-order chi connectivity index (χ1) is 46.6. The van der Waals surface area contributed by atoms with Gasteiger partial charge in [-0.15, -0.1) is 0 Å². The second-order valence-corrected chi connectivity index (χ2v) is 32.7. The lowest BCUT2D eigenvalue weighted by Gasteiger charge is -2.21. The van der Waals surface area contributed by atoms with Crippen LogP contribution in [0, 0.1) is 23.7 Å². The molecule has 97 heavy (non-hydrogen) atoms. The minimum absolute atomic E-state index is 0.105. The van der Waals surface area contributed by atoms with Crippen molar-refractivity contribution in [2.45, 2.75) is 414 Å². The number of hydrogen-bond acceptors (Lipinski definition) is 15. The number of unbranched alkanes of at least 4 members (excludes halogenated alkanes) is 40. The van der Waals surface area contributed by atoms with Gasteiger partial charge in [0.05, 0.1) is 26.4 Å². The molecule has 0 amide bonds. The van der Waals surface area contributed by atoms with Crippen molar-refractivity contribution in [1.82, 2.24) is 0 Å². The summed E-state index contributed by atoms with van der Waals surface area (Å²) in [4.78, 5) is 72.9. The second kappa shape index (κ2) is 67.2. The number of phosphoric acid groups is 2. The number of esters is 4. The van der Waals surface area contributed by atoms with Crippen molar-refractivity contribution in [3.05, 3.63) is 0 Å². The third-order valence-corrected chi connectivity index (χ3v) is 20.3. The van der Waals surface area contributed by atoms with E-state index in [-0.39, 0.29) is 25.7 Å². The van der Waals surface area contributed by atoms with Gasteiger partial charge in [0.1, 0.15) is 19.3 Å². The Morgan fingerprint density at radius 1 is 0.289 bits per heavy atom. The van der Waals surface area contributed by atoms with Crippen molar-refractivity contribution < 1.29 is 80.2 Å². The number of rotatable bonds is 75. The molecule has 0 radical (unpaired) electrons. The number of aliphatic hydroxyl groups excluding tert-OH is 1. The van der Waals surface area contributed by atoms with Crippen molar-refractivity contribution in [3.8, 4) is 0 Å². The number of phosphoric ester groups is 2. The Balaban J connectivity index is 5.26. The molecular weight excluding hydrogens is 1270 g/mol. The number of ether oxygens (including phenoxy) is 4. The molecule has 0 saturated heterocycles. The molecule has 0 heterocycles. The molecule has 0 fully saturated rings. The van der Waals surface area contributed by atoms with E-state index in [1.807, 2.05) is 0 Å². The van der Waals surface area contributed by atoms with E-state index in [0.29, 0.717) is 25.7 Å². The van der Waals surface area contributed by atoms with E-state index in [4.69, 9.17) is 37.0 Å². The molecule has 0 saturated carbocycles. The number of carbonyl (C=O) groups excluding carboxylic acids is 4. The summed E-state index contributed by atoms with van der Waals surface area (Å²) >= 11 is 0. The second-order valence-electron chi connectivity index (χ2n) is 29.8. The summed E-state index contributed by atoms with van der Waals surface area (Å²) in [5.74, 6) is 0.964. The maximum absolute atomic E-state index is 13.1. The minimum atomic E-state index is -4.96. The van der Waals surface area contributed by atoms with Crippen LogP contribution < -0.4 is 0 Å². The van der Waals surface area contributed by atoms with Crippen LogP contribution in [0.15, 0.2) is 0 Å². The summed E-state index contributed by atoms with van der Waals surface area (Å²) < 4.78 is 68.6. The predicted molar refractivity (Wildman–Crippen MR) is 395 cm³/mol. The van der Waals surface area contributed by atoms with Crippen molar-refractivity contribution >= 4 is 39.5 Å². The number of hydrogen-bond donors (Lipinski definition) is 3. The van der Waals surface area contributed by atoms with Gasteiger partial charge in [-0.3, -0.25) is 37.3 Å². The molecule has 0 aliphatic carbocycles. The Morgan fingerprint density at radius 2 is 0.495 bits per heavy atom. The van der Waals surface area contributed by atoms with Gasteiger partial charge in [0.2, 0.25) is 0 Å². The van der Waals surface area contributed by atoms with E-state index < -0.39 is 97.5 Å². The molecule has 0 aromatic carbocycles. The first-order valence-electron chi connectivity index (χ1n) is 40.2. The average Bonchev–Trinajstić information content (AvgIpc) is 1.18. The van der Waals surface area contributed by atoms with Gasteiger partial charge in [0, 0.05) is 25.7 Å². The van der Waals surface area contributed by atoms with Gasteiger partial charge in [-0.05, 0) is 49.4 Å². The fourth-order valence-electron chi connectivity index (χ4n) is 11.9. The SMILES string of the molecule is CCC(C)CCCCCCCCC(=O)OC[C@H](COP(=O)(O)OC[C@H](O)COP(=O)(O)OC[C@@H](COC(=O)CCCCCCCCCCCCCCCC(C)C)OC(=O)CCCCCCCCCCCCCCCCC(C)C)OC(=O)CCCCCCCCCCCCCC(C)C. The van der Waals surface area contributed by atoms with E-state index in [1.54, 1.807) is 0 Å². The molecule has 0 aromatic rings. The van der Waals surface area contributed by atoms with E-state index >= 15 is 0 Å². The zero-order chi connectivity index (χ0) is 71.7. The summed E-state index contributed by atoms with van der Waals surface area (Å²) in [6.45, 7) is 14.2. The van der Waals surface area contributed by atoms with Crippen LogP contribution in [-0.2, 0) is 65.4 Å². The van der Waals surface area contributed by atoms with Crippen LogP contribution in [0.2, 0.25) is 0 Å². The van der Waals surface area contributed by atoms with Crippen LogP contribution in [0.4, 0.5) is 0 Å². The van der Waals surface area contributed by atoms with Gasteiger partial charge in [0.15, 0.2) is 12.2 Å². The first-order valence-corrected chi connectivity index (χ1v) is 43.2. The Morgan fingerprint density at radius 3 is 0.732 bits per heavy atom. The zero-order valence-corrected chi connectivity index (χ0v) is 65.5. The molecule has 576 valence electrons. The van der Waals surface area contributed by atoms with Gasteiger partial charge in [-0.2, -0.15) is 0 Å². The van der Waals surface area contributed by atoms with Gasteiger partial charge in [0.25, 0.3) is 0 Å². The highest BCUT2D eigenvalue weighted by Gasteiger charge is 2.30. The van der Waals surface area contributed by atoms with Crippen LogP contribution in [0.1, 0.15) is 396 Å². The Kier molecular flexibility index (Phi) is 65.9. The average molecular weight is 1420 g/mol. The van der Waals surface area contributed by atoms with Crippen molar-refractivity contribution in [2.24, 2.45) is 23.7 Å². The van der Waals surface area contributed by atoms with E-state index in [0.717, 1.165) is 120 Å². The van der Waals surface area contributed by atoms with Gasteiger partial charge in [-0.1, -0.05) is 344 Å². The highest BCUT2D eigenvalue weighted by atomic mass is 31.2. The summed E-state index contributed by atoms with van der Waals surface area (Å²) in [5.41, 5.74) is 0. The van der Waals surface area contributed by atoms with Crippen LogP contribution in [0.25, 0.3) is 0 Å². The molecule has 3 N–H and O–H groups in total. The smallest absolute Gasteiger partial charge is 0.462 e. The third-order valence-electron chi connectivity index (χ3n) is 18.4. The molecule has 0 spiro atoms. The Bertz CT molecular complexity index is 1900. The van der Waals surface area contributed by atoms with Crippen LogP contribution in [-0.4, -0.2) is 96.7 Å². The van der Waals surface area contributed by atoms with Gasteiger partial charge >= 0.3 is 39.5 Å². The number of aliphatic hydroxyl groups is 1. The van der Waals surface area contributed by atoms with E-state index in [1.165, 1.54) is 193 Å². The Labute approximate surface area is 594 Å². The number of carbonyl (C=O) groups is 4. The van der Waals surface area contributed by atoms with E-state index in [9.17, 15) is 43.2 Å². The Hall–Kier alpha value is -1.94. The van der Waals surface area contributed by atoms with Crippen LogP contribution in [0.5, 0.6) is 0 Å². The van der Waals surface area contributed by atoms with Crippen molar-refractivity contribution in [3.63, 3.8) is 0 Å². The fourth-order valence-corrected chi connectivity index (χ4v) is 13.5. The fraction of sp³-hybridized carbons (Fsp3) is 0.949. The zero-order valence-electron chi connectivity index (χ0n) is 63.7. The quantitative estimate of drug-likeness (QED) is 0.0222. The summed E-state index contributed by atoms with van der Waals surface area (Å²) in [5, 5.41) is 10.6. The molecule has 0 aliphatic heterocycles. The molecule has 19 heteroatoms. The molecule has 17 nitrogen and oxygen atoms in total. The lowest BCUT2D eigenvalue weighted by molar-refractivity contribution is -0.161. The van der Waals surface area contributed by atoms with Gasteiger partial charge in [-0.25, -0.2) is 9.13 Å². The highest BCUT2D eigenvalue weighted by Crippen LogP contribution is 2.45. The molecule has 3 unspecified atom stereocenters. The maximum atomic E-state index is 13.1. The summed E-state index contributed by atoms with van der Waals surface area (Å²) in [6, 6.07) is 0.